The molecular weight excluding hydrogens is 268 g/mol. The molecule has 19 heavy (non-hydrogen) atoms. The summed E-state index contributed by atoms with van der Waals surface area (Å²) in [6.45, 7) is 0.310. The van der Waals surface area contributed by atoms with Gasteiger partial charge in [-0.15, -0.1) is 12.4 Å². The molecule has 2 rings (SSSR count). The second kappa shape index (κ2) is 6.86. The Morgan fingerprint density at radius 2 is 1.79 bits per heavy atom. The number of nitrogens with zero attached hydrogens (tertiary/aromatic N) is 1. The Balaban J connectivity index is 0.00000180. The van der Waals surface area contributed by atoms with Gasteiger partial charge in [-0.2, -0.15) is 0 Å². The van der Waals surface area contributed by atoms with Crippen molar-refractivity contribution in [2.45, 2.75) is 24.7 Å². The van der Waals surface area contributed by atoms with Crippen LogP contribution in [0, 0.1) is 0 Å². The van der Waals surface area contributed by atoms with Crippen LogP contribution < -0.4 is 5.73 Å². The zero-order valence-corrected chi connectivity index (χ0v) is 11.3. The van der Waals surface area contributed by atoms with E-state index in [1.807, 2.05) is 30.3 Å². The van der Waals surface area contributed by atoms with Crippen LogP contribution in [0.15, 0.2) is 30.3 Å². The van der Waals surface area contributed by atoms with E-state index in [1.54, 1.807) is 0 Å². The topological polar surface area (TPSA) is 86.8 Å². The number of benzene rings is 1. The van der Waals surface area contributed by atoms with E-state index in [4.69, 9.17) is 5.73 Å². The minimum Gasteiger partial charge on any atom is -0.388 e. The van der Waals surface area contributed by atoms with Crippen molar-refractivity contribution in [3.8, 4) is 0 Å². The van der Waals surface area contributed by atoms with Gasteiger partial charge in [0.25, 0.3) is 0 Å². The summed E-state index contributed by atoms with van der Waals surface area (Å²) in [5.74, 6) is -0.227. The van der Waals surface area contributed by atoms with Crippen LogP contribution >= 0.6 is 12.4 Å². The van der Waals surface area contributed by atoms with Gasteiger partial charge in [0.2, 0.25) is 5.91 Å². The highest BCUT2D eigenvalue weighted by atomic mass is 35.5. The van der Waals surface area contributed by atoms with Crippen molar-refractivity contribution in [3.63, 3.8) is 0 Å². The molecule has 106 valence electrons. The zero-order valence-electron chi connectivity index (χ0n) is 10.5. The van der Waals surface area contributed by atoms with Gasteiger partial charge in [-0.05, 0) is 12.0 Å². The first-order valence-corrected chi connectivity index (χ1v) is 6.02. The highest BCUT2D eigenvalue weighted by Gasteiger charge is 2.34. The highest BCUT2D eigenvalue weighted by Crippen LogP contribution is 2.12. The summed E-state index contributed by atoms with van der Waals surface area (Å²) in [6, 6.07) is 8.90. The predicted molar refractivity (Wildman–Crippen MR) is 74.0 cm³/mol. The van der Waals surface area contributed by atoms with Crippen LogP contribution in [0.1, 0.15) is 5.56 Å². The van der Waals surface area contributed by atoms with Gasteiger partial charge in [-0.25, -0.2) is 0 Å². The molecule has 0 aromatic heterocycles. The lowest BCUT2D eigenvalue weighted by molar-refractivity contribution is -0.132. The molecule has 1 amide bonds. The van der Waals surface area contributed by atoms with E-state index < -0.39 is 18.2 Å². The molecule has 1 aromatic carbocycles. The van der Waals surface area contributed by atoms with Crippen LogP contribution in [0.2, 0.25) is 0 Å². The fourth-order valence-corrected chi connectivity index (χ4v) is 2.14. The molecule has 1 aromatic rings. The average molecular weight is 287 g/mol. The molecule has 1 heterocycles. The fourth-order valence-electron chi connectivity index (χ4n) is 2.14. The molecule has 1 saturated heterocycles. The number of carbonyl (C=O) groups is 1. The van der Waals surface area contributed by atoms with E-state index in [9.17, 15) is 15.0 Å². The Morgan fingerprint density at radius 3 is 2.32 bits per heavy atom. The summed E-state index contributed by atoms with van der Waals surface area (Å²) in [5, 5.41) is 18.8. The first-order chi connectivity index (χ1) is 8.58. The third kappa shape index (κ3) is 3.91. The molecule has 1 aliphatic heterocycles. The van der Waals surface area contributed by atoms with Crippen molar-refractivity contribution in [3.05, 3.63) is 35.9 Å². The zero-order chi connectivity index (χ0) is 13.1. The van der Waals surface area contributed by atoms with Crippen LogP contribution in [0.5, 0.6) is 0 Å². The summed E-state index contributed by atoms with van der Waals surface area (Å²) in [6.07, 6.45) is -1.27. The minimum atomic E-state index is -0.863. The molecular formula is C13H19ClN2O3. The summed E-state index contributed by atoms with van der Waals surface area (Å²) in [7, 11) is 0. The van der Waals surface area contributed by atoms with E-state index in [0.717, 1.165) is 5.56 Å². The molecule has 0 saturated carbocycles. The highest BCUT2D eigenvalue weighted by molar-refractivity contribution is 5.85. The fraction of sp³-hybridized carbons (Fsp3) is 0.462. The summed E-state index contributed by atoms with van der Waals surface area (Å²) in [4.78, 5) is 13.4. The average Bonchev–Trinajstić information content (AvgIpc) is 2.70. The molecule has 0 bridgehead atoms. The first-order valence-electron chi connectivity index (χ1n) is 6.02. The molecule has 1 fully saturated rings. The van der Waals surface area contributed by atoms with Crippen molar-refractivity contribution < 1.29 is 15.0 Å². The Kier molecular flexibility index (Phi) is 5.75. The van der Waals surface area contributed by atoms with E-state index in [1.165, 1.54) is 4.90 Å². The lowest BCUT2D eigenvalue weighted by atomic mass is 10.1. The lowest BCUT2D eigenvalue weighted by Crippen LogP contribution is -2.44. The van der Waals surface area contributed by atoms with E-state index in [-0.39, 0.29) is 31.4 Å². The lowest BCUT2D eigenvalue weighted by Gasteiger charge is -2.20. The number of hydrogen-bond donors (Lipinski definition) is 3. The predicted octanol–water partition coefficient (Wildman–Crippen LogP) is -0.458. The number of hydrogen-bond acceptors (Lipinski definition) is 4. The Labute approximate surface area is 118 Å². The maximum atomic E-state index is 12.0. The number of amides is 1. The standard InChI is InChI=1S/C13H18N2O3.ClH/c14-10(6-9-4-2-1-3-5-9)13(18)15-7-11(16)12(17)8-15;/h1-5,10-12,16-17H,6-8,14H2;1H. The number of likely N-dealkylation sites (tertiary alicyclic amines) is 1. The van der Waals surface area contributed by atoms with Crippen LogP contribution in [-0.2, 0) is 11.2 Å². The monoisotopic (exact) mass is 286 g/mol. The van der Waals surface area contributed by atoms with Gasteiger partial charge >= 0.3 is 0 Å². The summed E-state index contributed by atoms with van der Waals surface area (Å²) in [5.41, 5.74) is 6.86. The Bertz CT molecular complexity index is 406. The van der Waals surface area contributed by atoms with Crippen LogP contribution in [0.25, 0.3) is 0 Å². The van der Waals surface area contributed by atoms with Gasteiger partial charge in [-0.1, -0.05) is 30.3 Å². The number of halogens is 1. The van der Waals surface area contributed by atoms with Crippen molar-refractivity contribution >= 4 is 18.3 Å². The van der Waals surface area contributed by atoms with Crippen molar-refractivity contribution in [1.29, 1.82) is 0 Å². The molecule has 6 heteroatoms. The quantitative estimate of drug-likeness (QED) is 0.702. The van der Waals surface area contributed by atoms with Gasteiger partial charge in [0.1, 0.15) is 0 Å². The van der Waals surface area contributed by atoms with E-state index in [2.05, 4.69) is 0 Å². The maximum Gasteiger partial charge on any atom is 0.240 e. The second-order valence-electron chi connectivity index (χ2n) is 4.67. The molecule has 0 radical (unpaired) electrons. The van der Waals surface area contributed by atoms with Crippen molar-refractivity contribution in [1.82, 2.24) is 4.90 Å². The molecule has 0 spiro atoms. The number of carbonyl (C=O) groups excluding carboxylic acids is 1. The van der Waals surface area contributed by atoms with Crippen LogP contribution in [0.4, 0.5) is 0 Å². The first kappa shape index (κ1) is 15.9. The number of aliphatic hydroxyl groups excluding tert-OH is 2. The van der Waals surface area contributed by atoms with E-state index >= 15 is 0 Å². The van der Waals surface area contributed by atoms with Gasteiger partial charge in [0.15, 0.2) is 0 Å². The van der Waals surface area contributed by atoms with E-state index in [0.29, 0.717) is 6.42 Å². The number of rotatable bonds is 3. The molecule has 4 N–H and O–H groups in total. The number of β-amino-alcohol motifs (C(OH)–C–C–N with tert-alkyl or cyclic N) is 2. The Morgan fingerprint density at radius 1 is 1.26 bits per heavy atom. The van der Waals surface area contributed by atoms with Crippen molar-refractivity contribution in [2.24, 2.45) is 5.73 Å². The SMILES string of the molecule is Cl.NC(Cc1ccccc1)C(=O)N1CC(O)C(O)C1. The molecule has 3 unspecified atom stereocenters. The molecule has 5 nitrogen and oxygen atoms in total. The second-order valence-corrected chi connectivity index (χ2v) is 4.67. The summed E-state index contributed by atoms with van der Waals surface area (Å²) >= 11 is 0. The summed E-state index contributed by atoms with van der Waals surface area (Å²) < 4.78 is 0. The maximum absolute atomic E-state index is 12.0. The van der Waals surface area contributed by atoms with Crippen LogP contribution in [-0.4, -0.2) is 52.4 Å². The normalized spacial score (nSPS) is 23.8. The van der Waals surface area contributed by atoms with Gasteiger partial charge in [0.05, 0.1) is 18.2 Å². The van der Waals surface area contributed by atoms with Gasteiger partial charge in [0, 0.05) is 13.1 Å². The van der Waals surface area contributed by atoms with Gasteiger partial charge < -0.3 is 20.8 Å². The molecule has 1 aliphatic rings. The smallest absolute Gasteiger partial charge is 0.240 e. The van der Waals surface area contributed by atoms with Gasteiger partial charge in [-0.3, -0.25) is 4.79 Å². The third-order valence-corrected chi connectivity index (χ3v) is 3.19. The minimum absolute atomic E-state index is 0. The van der Waals surface area contributed by atoms with Crippen molar-refractivity contribution in [2.75, 3.05) is 13.1 Å². The molecule has 3 atom stereocenters. The number of aliphatic hydroxyl groups is 2. The van der Waals surface area contributed by atoms with Crippen LogP contribution in [0.3, 0.4) is 0 Å². The molecule has 0 aliphatic carbocycles. The Hall–Kier alpha value is -1.14. The third-order valence-electron chi connectivity index (χ3n) is 3.19. The number of nitrogens with two attached hydrogens (primary N) is 1. The largest absolute Gasteiger partial charge is 0.388 e.